The molecule has 13 heteroatoms. The molecule has 3 rings (SSSR count). The monoisotopic (exact) mass is 448 g/mol. The maximum Gasteiger partial charge on any atom is 0.490 e. The summed E-state index contributed by atoms with van der Waals surface area (Å²) in [7, 11) is 0. The summed E-state index contributed by atoms with van der Waals surface area (Å²) in [5, 5.41) is 20.6. The first-order chi connectivity index (χ1) is 14.0. The Morgan fingerprint density at radius 3 is 2.60 bits per heavy atom. The Labute approximate surface area is 174 Å². The molecule has 1 amide bonds. The van der Waals surface area contributed by atoms with E-state index in [4.69, 9.17) is 9.90 Å². The molecule has 0 aromatic carbocycles. The minimum atomic E-state index is -5.08. The van der Waals surface area contributed by atoms with Crippen molar-refractivity contribution in [3.63, 3.8) is 0 Å². The average molecular weight is 448 g/mol. The van der Waals surface area contributed by atoms with Gasteiger partial charge in [0, 0.05) is 37.2 Å². The van der Waals surface area contributed by atoms with Crippen LogP contribution in [0.5, 0.6) is 0 Å². The molecule has 0 fully saturated rings. The minimum Gasteiger partial charge on any atom is -0.475 e. The van der Waals surface area contributed by atoms with Crippen molar-refractivity contribution >= 4 is 28.3 Å². The summed E-state index contributed by atoms with van der Waals surface area (Å²) >= 11 is 1.45. The van der Waals surface area contributed by atoms with Gasteiger partial charge in [-0.15, -0.1) is 11.3 Å². The molecule has 30 heavy (non-hydrogen) atoms. The predicted molar refractivity (Wildman–Crippen MR) is 103 cm³/mol. The molecular weight excluding hydrogens is 425 g/mol. The average Bonchev–Trinajstić information content (AvgIpc) is 3.25. The number of hydrogen-bond acceptors (Lipinski definition) is 7. The van der Waals surface area contributed by atoms with E-state index in [1.165, 1.54) is 18.3 Å². The Balaban J connectivity index is 0.000000396. The normalized spacial score (nSPS) is 15.9. The second kappa shape index (κ2) is 9.98. The van der Waals surface area contributed by atoms with Crippen LogP contribution in [0.15, 0.2) is 5.38 Å². The van der Waals surface area contributed by atoms with E-state index in [-0.39, 0.29) is 5.91 Å². The number of alkyl halides is 3. The number of nitrogens with one attached hydrogen (secondary N) is 2. The zero-order valence-corrected chi connectivity index (χ0v) is 17.5. The number of nitrogens with zero attached hydrogens (tertiary/aromatic N) is 4. The second-order valence-electron chi connectivity index (χ2n) is 6.97. The van der Waals surface area contributed by atoms with Crippen molar-refractivity contribution < 1.29 is 27.9 Å². The Hall–Kier alpha value is -2.54. The second-order valence-corrected chi connectivity index (χ2v) is 7.83. The largest absolute Gasteiger partial charge is 0.490 e. The number of aryl methyl sites for hydroxylation is 1. The summed E-state index contributed by atoms with van der Waals surface area (Å²) in [6.45, 7) is 7.26. The fourth-order valence-corrected chi connectivity index (χ4v) is 3.34. The lowest BCUT2D eigenvalue weighted by Crippen LogP contribution is -2.37. The van der Waals surface area contributed by atoms with Gasteiger partial charge < -0.3 is 15.7 Å². The van der Waals surface area contributed by atoms with E-state index in [2.05, 4.69) is 39.5 Å². The topological polar surface area (TPSA) is 122 Å². The Bertz CT molecular complexity index is 880. The molecule has 0 aliphatic carbocycles. The van der Waals surface area contributed by atoms with Gasteiger partial charge in [0.05, 0.1) is 12.2 Å². The number of rotatable bonds is 5. The molecule has 166 valence electrons. The van der Waals surface area contributed by atoms with Crippen LogP contribution >= 0.6 is 11.3 Å². The number of carboxylic acids is 1. The molecule has 2 aromatic heterocycles. The molecule has 1 atom stereocenters. The quantitative estimate of drug-likeness (QED) is 0.643. The number of carboxylic acid groups (broad SMARTS) is 1. The van der Waals surface area contributed by atoms with Gasteiger partial charge in [-0.05, 0) is 6.42 Å². The van der Waals surface area contributed by atoms with Crippen molar-refractivity contribution in [1.82, 2.24) is 25.1 Å². The highest BCUT2D eigenvalue weighted by Gasteiger charge is 2.38. The van der Waals surface area contributed by atoms with Crippen LogP contribution < -0.4 is 10.6 Å². The molecule has 9 nitrogen and oxygen atoms in total. The van der Waals surface area contributed by atoms with Gasteiger partial charge >= 0.3 is 12.1 Å². The Morgan fingerprint density at radius 1 is 1.37 bits per heavy atom. The lowest BCUT2D eigenvalue weighted by atomic mass is 10.1. The van der Waals surface area contributed by atoms with E-state index >= 15 is 0 Å². The van der Waals surface area contributed by atoms with Crippen molar-refractivity contribution in [3.8, 4) is 0 Å². The number of anilines is 1. The lowest BCUT2D eigenvalue weighted by Gasteiger charge is -2.23. The Kier molecular flexibility index (Phi) is 7.89. The molecule has 0 saturated heterocycles. The van der Waals surface area contributed by atoms with Crippen LogP contribution in [0.25, 0.3) is 0 Å². The third-order valence-electron chi connectivity index (χ3n) is 4.04. The number of fused-ring (bicyclic) bond motifs is 1. The van der Waals surface area contributed by atoms with Gasteiger partial charge in [-0.25, -0.2) is 19.4 Å². The molecule has 3 heterocycles. The third kappa shape index (κ3) is 7.06. The van der Waals surface area contributed by atoms with Gasteiger partial charge in [-0.2, -0.15) is 18.3 Å². The Morgan fingerprint density at radius 2 is 2.03 bits per heavy atom. The number of thiazole rings is 1. The first-order valence-electron chi connectivity index (χ1n) is 9.14. The summed E-state index contributed by atoms with van der Waals surface area (Å²) in [5.41, 5.74) is 0.950. The van der Waals surface area contributed by atoms with Gasteiger partial charge in [0.15, 0.2) is 11.0 Å². The van der Waals surface area contributed by atoms with Crippen molar-refractivity contribution in [2.45, 2.75) is 64.8 Å². The summed E-state index contributed by atoms with van der Waals surface area (Å²) in [4.78, 5) is 28.9. The van der Waals surface area contributed by atoms with Crippen molar-refractivity contribution in [2.24, 2.45) is 0 Å². The molecule has 0 spiro atoms. The number of carbonyl (C=O) groups is 2. The molecule has 1 unspecified atom stereocenters. The number of aliphatic carboxylic acids is 1. The lowest BCUT2D eigenvalue weighted by molar-refractivity contribution is -0.192. The molecule has 3 N–H and O–H groups in total. The third-order valence-corrected chi connectivity index (χ3v) is 4.85. The zero-order chi connectivity index (χ0) is 22.5. The molecule has 0 bridgehead atoms. The molecule has 1 aliphatic heterocycles. The van der Waals surface area contributed by atoms with Gasteiger partial charge in [0.25, 0.3) is 0 Å². The molecular formula is C17H23F3N6O3S. The van der Waals surface area contributed by atoms with E-state index < -0.39 is 12.1 Å². The number of amides is 1. The van der Waals surface area contributed by atoms with Gasteiger partial charge in [-0.1, -0.05) is 13.8 Å². The van der Waals surface area contributed by atoms with E-state index in [0.29, 0.717) is 23.6 Å². The van der Waals surface area contributed by atoms with Gasteiger partial charge in [0.1, 0.15) is 5.82 Å². The van der Waals surface area contributed by atoms with Gasteiger partial charge in [0.2, 0.25) is 5.91 Å². The highest BCUT2D eigenvalue weighted by atomic mass is 32.1. The van der Waals surface area contributed by atoms with E-state index in [0.717, 1.165) is 36.7 Å². The van der Waals surface area contributed by atoms with E-state index in [9.17, 15) is 18.0 Å². The zero-order valence-electron chi connectivity index (χ0n) is 16.7. The predicted octanol–water partition coefficient (Wildman–Crippen LogP) is 2.55. The SMILES string of the molecule is CC(=O)Nc1nc(CNC2CCc3nc(C(C)C)nn3C2)cs1.O=C(O)C(F)(F)F. The molecule has 0 radical (unpaired) electrons. The number of hydrogen-bond donors (Lipinski definition) is 3. The first kappa shape index (κ1) is 23.7. The smallest absolute Gasteiger partial charge is 0.475 e. The maximum atomic E-state index is 11.0. The molecule has 0 saturated carbocycles. The van der Waals surface area contributed by atoms with Crippen LogP contribution in [-0.2, 0) is 29.1 Å². The van der Waals surface area contributed by atoms with Crippen LogP contribution in [0.2, 0.25) is 0 Å². The van der Waals surface area contributed by atoms with Crippen LogP contribution in [0, 0.1) is 0 Å². The minimum absolute atomic E-state index is 0.0918. The summed E-state index contributed by atoms with van der Waals surface area (Å²) in [6.07, 6.45) is -3.08. The highest BCUT2D eigenvalue weighted by Crippen LogP contribution is 2.19. The molecule has 2 aromatic rings. The van der Waals surface area contributed by atoms with Crippen LogP contribution in [0.3, 0.4) is 0 Å². The molecule has 1 aliphatic rings. The van der Waals surface area contributed by atoms with Gasteiger partial charge in [-0.3, -0.25) is 4.79 Å². The van der Waals surface area contributed by atoms with Crippen molar-refractivity contribution in [3.05, 3.63) is 22.7 Å². The highest BCUT2D eigenvalue weighted by molar-refractivity contribution is 7.13. The summed E-state index contributed by atoms with van der Waals surface area (Å²) in [6, 6.07) is 0.370. The fraction of sp³-hybridized carbons (Fsp3) is 0.588. The summed E-state index contributed by atoms with van der Waals surface area (Å²) < 4.78 is 33.8. The maximum absolute atomic E-state index is 11.0. The first-order valence-corrected chi connectivity index (χ1v) is 10.0. The number of carbonyl (C=O) groups excluding carboxylic acids is 1. The van der Waals surface area contributed by atoms with Crippen LogP contribution in [0.1, 0.15) is 50.5 Å². The standard InChI is InChI=1S/C15H22N6OS.C2HF3O2/c1-9(2)14-19-13-5-4-11(7-21(13)20-14)16-6-12-8-23-15(18-12)17-10(3)22;3-2(4,5)1(6)7/h8-9,11,16H,4-7H2,1-3H3,(H,17,18,22);(H,6,7). The van der Waals surface area contributed by atoms with Crippen LogP contribution in [-0.4, -0.2) is 48.9 Å². The van der Waals surface area contributed by atoms with E-state index in [1.807, 2.05) is 10.1 Å². The van der Waals surface area contributed by atoms with Crippen molar-refractivity contribution in [1.29, 1.82) is 0 Å². The summed E-state index contributed by atoms with van der Waals surface area (Å²) in [5.74, 6) is -0.464. The van der Waals surface area contributed by atoms with Crippen LogP contribution in [0.4, 0.5) is 18.3 Å². The number of aromatic nitrogens is 4. The van der Waals surface area contributed by atoms with Crippen molar-refractivity contribution in [2.75, 3.05) is 5.32 Å². The van der Waals surface area contributed by atoms with E-state index in [1.54, 1.807) is 0 Å². The fourth-order valence-electron chi connectivity index (χ4n) is 2.58. The number of halogens is 3.